The lowest BCUT2D eigenvalue weighted by Crippen LogP contribution is -2.11. The maximum atomic E-state index is 12.3. The molecule has 0 saturated heterocycles. The van der Waals surface area contributed by atoms with Crippen molar-refractivity contribution in [3.63, 3.8) is 0 Å². The van der Waals surface area contributed by atoms with Crippen LogP contribution < -0.4 is 5.32 Å². The lowest BCUT2D eigenvalue weighted by atomic mass is 10.1. The molecule has 0 fully saturated rings. The van der Waals surface area contributed by atoms with E-state index in [0.29, 0.717) is 27.2 Å². The van der Waals surface area contributed by atoms with E-state index in [9.17, 15) is 4.79 Å². The van der Waals surface area contributed by atoms with Gasteiger partial charge in [-0.15, -0.1) is 11.3 Å². The van der Waals surface area contributed by atoms with Gasteiger partial charge in [0.25, 0.3) is 5.91 Å². The topological polar surface area (TPSA) is 42.0 Å². The fourth-order valence-electron chi connectivity index (χ4n) is 2.25. The Kier molecular flexibility index (Phi) is 5.79. The van der Waals surface area contributed by atoms with Crippen molar-refractivity contribution in [3.05, 3.63) is 78.7 Å². The number of carbonyl (C=O) groups excluding carboxylic acids is 1. The van der Waals surface area contributed by atoms with Crippen LogP contribution in [0.4, 0.5) is 5.13 Å². The first-order chi connectivity index (χ1) is 11.9. The quantitative estimate of drug-likeness (QED) is 0.496. The average Bonchev–Trinajstić information content (AvgIpc) is 2.91. The lowest BCUT2D eigenvalue weighted by Gasteiger charge is -2.02. The van der Waals surface area contributed by atoms with Gasteiger partial charge < -0.3 is 0 Å². The Morgan fingerprint density at radius 2 is 1.88 bits per heavy atom. The Bertz CT molecular complexity index is 925. The molecule has 1 aromatic heterocycles. The fourth-order valence-corrected chi connectivity index (χ4v) is 3.83. The maximum Gasteiger partial charge on any atom is 0.257 e. The van der Waals surface area contributed by atoms with Crippen LogP contribution in [0, 0.1) is 6.92 Å². The van der Waals surface area contributed by atoms with Crippen molar-refractivity contribution < 1.29 is 4.79 Å². The predicted molar refractivity (Wildman–Crippen MR) is 108 cm³/mol. The summed E-state index contributed by atoms with van der Waals surface area (Å²) < 4.78 is 0.929. The summed E-state index contributed by atoms with van der Waals surface area (Å²) in [4.78, 5) is 17.8. The molecule has 0 bridgehead atoms. The van der Waals surface area contributed by atoms with Crippen molar-refractivity contribution in [1.82, 2.24) is 4.98 Å². The predicted octanol–water partition coefficient (Wildman–Crippen LogP) is 6.36. The highest BCUT2D eigenvalue weighted by molar-refractivity contribution is 9.10. The number of halogens is 3. The summed E-state index contributed by atoms with van der Waals surface area (Å²) in [6.07, 6.45) is 0.689. The lowest BCUT2D eigenvalue weighted by molar-refractivity contribution is 0.102. The van der Waals surface area contributed by atoms with Gasteiger partial charge in [0.05, 0.1) is 15.7 Å². The summed E-state index contributed by atoms with van der Waals surface area (Å²) >= 11 is 16.8. The maximum absolute atomic E-state index is 12.3. The molecule has 0 aliphatic rings. The molecule has 0 spiro atoms. The van der Waals surface area contributed by atoms with Gasteiger partial charge in [0.15, 0.2) is 5.13 Å². The smallest absolute Gasteiger partial charge is 0.257 e. The van der Waals surface area contributed by atoms with Crippen molar-refractivity contribution in [2.45, 2.75) is 13.3 Å². The number of nitrogens with zero attached hydrogens (tertiary/aromatic N) is 1. The molecule has 1 heterocycles. The normalized spacial score (nSPS) is 10.7. The van der Waals surface area contributed by atoms with E-state index in [0.717, 1.165) is 20.6 Å². The largest absolute Gasteiger partial charge is 0.298 e. The molecular formula is C18H13BrCl2N2OS. The van der Waals surface area contributed by atoms with E-state index in [-0.39, 0.29) is 5.91 Å². The standard InChI is InChI=1S/C18H13BrCl2N2OS/c1-10-16(9-11-2-7-14(20)15(21)8-11)25-18(22-10)23-17(24)12-3-5-13(19)6-4-12/h2-8H,9H2,1H3,(H,22,23,24). The molecule has 0 aliphatic carbocycles. The van der Waals surface area contributed by atoms with Gasteiger partial charge in [-0.05, 0) is 48.9 Å². The van der Waals surface area contributed by atoms with Crippen LogP contribution in [0.2, 0.25) is 10.0 Å². The van der Waals surface area contributed by atoms with Crippen molar-refractivity contribution in [2.75, 3.05) is 5.32 Å². The molecule has 2 aromatic carbocycles. The number of benzene rings is 2. The minimum absolute atomic E-state index is 0.178. The van der Waals surface area contributed by atoms with E-state index in [1.807, 2.05) is 31.2 Å². The summed E-state index contributed by atoms with van der Waals surface area (Å²) in [7, 11) is 0. The van der Waals surface area contributed by atoms with Crippen molar-refractivity contribution in [2.24, 2.45) is 0 Å². The molecule has 3 aromatic rings. The average molecular weight is 456 g/mol. The van der Waals surface area contributed by atoms with E-state index in [1.54, 1.807) is 18.2 Å². The fraction of sp³-hybridized carbons (Fsp3) is 0.111. The van der Waals surface area contributed by atoms with Crippen molar-refractivity contribution in [3.8, 4) is 0 Å². The van der Waals surface area contributed by atoms with E-state index in [4.69, 9.17) is 23.2 Å². The molecule has 3 nitrogen and oxygen atoms in total. The Morgan fingerprint density at radius 1 is 1.16 bits per heavy atom. The van der Waals surface area contributed by atoms with E-state index < -0.39 is 0 Å². The number of aryl methyl sites for hydroxylation is 1. The Hall–Kier alpha value is -1.40. The van der Waals surface area contributed by atoms with Crippen LogP contribution >= 0.6 is 50.5 Å². The van der Waals surface area contributed by atoms with Crippen molar-refractivity contribution in [1.29, 1.82) is 0 Å². The zero-order valence-electron chi connectivity index (χ0n) is 13.1. The highest BCUT2D eigenvalue weighted by Crippen LogP contribution is 2.28. The second-order valence-corrected chi connectivity index (χ2v) is 8.23. The molecular weight excluding hydrogens is 443 g/mol. The number of aromatic nitrogens is 1. The Balaban J connectivity index is 1.74. The molecule has 0 radical (unpaired) electrons. The van der Waals surface area contributed by atoms with Gasteiger partial charge in [-0.25, -0.2) is 4.98 Å². The summed E-state index contributed by atoms with van der Waals surface area (Å²) in [5, 5.41) is 4.50. The molecule has 0 saturated carbocycles. The number of anilines is 1. The molecule has 25 heavy (non-hydrogen) atoms. The number of carbonyl (C=O) groups is 1. The second kappa shape index (κ2) is 7.87. The van der Waals surface area contributed by atoms with Crippen LogP contribution in [-0.2, 0) is 6.42 Å². The minimum Gasteiger partial charge on any atom is -0.298 e. The van der Waals surface area contributed by atoms with E-state index in [2.05, 4.69) is 26.2 Å². The summed E-state index contributed by atoms with van der Waals surface area (Å²) in [6.45, 7) is 1.93. The van der Waals surface area contributed by atoms with Gasteiger partial charge in [0, 0.05) is 21.3 Å². The number of nitrogens with one attached hydrogen (secondary N) is 1. The van der Waals surface area contributed by atoms with Gasteiger partial charge in [-0.3, -0.25) is 10.1 Å². The van der Waals surface area contributed by atoms with Crippen molar-refractivity contribution >= 4 is 61.5 Å². The molecule has 1 amide bonds. The second-order valence-electron chi connectivity index (χ2n) is 5.41. The first-order valence-corrected chi connectivity index (χ1v) is 9.76. The monoisotopic (exact) mass is 454 g/mol. The third-order valence-electron chi connectivity index (χ3n) is 3.57. The highest BCUT2D eigenvalue weighted by atomic mass is 79.9. The Morgan fingerprint density at radius 3 is 2.56 bits per heavy atom. The van der Waals surface area contributed by atoms with Crippen LogP contribution in [-0.4, -0.2) is 10.9 Å². The van der Waals surface area contributed by atoms with Gasteiger partial charge in [0.1, 0.15) is 0 Å². The van der Waals surface area contributed by atoms with E-state index in [1.165, 1.54) is 11.3 Å². The number of thiazole rings is 1. The number of hydrogen-bond donors (Lipinski definition) is 1. The first kappa shape index (κ1) is 18.4. The van der Waals surface area contributed by atoms with Crippen LogP contribution in [0.3, 0.4) is 0 Å². The molecule has 128 valence electrons. The number of rotatable bonds is 4. The van der Waals surface area contributed by atoms with Crippen LogP contribution in [0.5, 0.6) is 0 Å². The van der Waals surface area contributed by atoms with Gasteiger partial charge >= 0.3 is 0 Å². The molecule has 0 atom stereocenters. The summed E-state index contributed by atoms with van der Waals surface area (Å²) in [5.41, 5.74) is 2.52. The number of amides is 1. The highest BCUT2D eigenvalue weighted by Gasteiger charge is 2.13. The van der Waals surface area contributed by atoms with E-state index >= 15 is 0 Å². The molecule has 0 aliphatic heterocycles. The van der Waals surface area contributed by atoms with Gasteiger partial charge in [-0.2, -0.15) is 0 Å². The van der Waals surface area contributed by atoms with Crippen LogP contribution in [0.15, 0.2) is 46.9 Å². The minimum atomic E-state index is -0.178. The summed E-state index contributed by atoms with van der Waals surface area (Å²) in [5.74, 6) is -0.178. The van der Waals surface area contributed by atoms with Crippen LogP contribution in [0.1, 0.15) is 26.5 Å². The Labute approximate surface area is 168 Å². The third-order valence-corrected chi connectivity index (χ3v) is 5.91. The summed E-state index contributed by atoms with van der Waals surface area (Å²) in [6, 6.07) is 12.8. The van der Waals surface area contributed by atoms with Crippen LogP contribution in [0.25, 0.3) is 0 Å². The zero-order chi connectivity index (χ0) is 18.0. The molecule has 7 heteroatoms. The third kappa shape index (κ3) is 4.61. The SMILES string of the molecule is Cc1nc(NC(=O)c2ccc(Br)cc2)sc1Cc1ccc(Cl)c(Cl)c1. The molecule has 0 unspecified atom stereocenters. The van der Waals surface area contributed by atoms with Gasteiger partial charge in [-0.1, -0.05) is 45.2 Å². The number of hydrogen-bond acceptors (Lipinski definition) is 3. The first-order valence-electron chi connectivity index (χ1n) is 7.39. The van der Waals surface area contributed by atoms with Gasteiger partial charge in [0.2, 0.25) is 0 Å². The molecule has 1 N–H and O–H groups in total. The zero-order valence-corrected chi connectivity index (χ0v) is 17.1. The molecule has 3 rings (SSSR count).